The van der Waals surface area contributed by atoms with Crippen molar-refractivity contribution in [1.29, 1.82) is 0 Å². The maximum Gasteiger partial charge on any atom is 0.401 e. The number of carbonyl (C=O) groups is 1. The smallest absolute Gasteiger partial charge is 0.300 e. The Morgan fingerprint density at radius 1 is 1.13 bits per heavy atom. The van der Waals surface area contributed by atoms with Crippen LogP contribution in [-0.2, 0) is 18.4 Å². The van der Waals surface area contributed by atoms with Crippen molar-refractivity contribution < 1.29 is 18.4 Å². The van der Waals surface area contributed by atoms with Gasteiger partial charge >= 0.3 is 7.60 Å². The highest BCUT2D eigenvalue weighted by Crippen LogP contribution is 2.51. The molecule has 0 aromatic carbocycles. The summed E-state index contributed by atoms with van der Waals surface area (Å²) in [6.45, 7) is 8.50. The van der Waals surface area contributed by atoms with E-state index in [1.165, 1.54) is 12.2 Å². The first kappa shape index (κ1) is 14.6. The third kappa shape index (κ3) is 5.26. The first-order valence-corrected chi connectivity index (χ1v) is 6.50. The molecule has 4 nitrogen and oxygen atoms in total. The molecule has 0 saturated heterocycles. The maximum absolute atomic E-state index is 12.1. The Hall–Kier alpha value is -0.440. The van der Waals surface area contributed by atoms with Crippen molar-refractivity contribution in [3.05, 3.63) is 12.2 Å². The van der Waals surface area contributed by atoms with Crippen LogP contribution in [0, 0.1) is 0 Å². The monoisotopic (exact) mass is 234 g/mol. The van der Waals surface area contributed by atoms with Crippen LogP contribution in [0.15, 0.2) is 12.2 Å². The van der Waals surface area contributed by atoms with Crippen molar-refractivity contribution in [3.8, 4) is 0 Å². The van der Waals surface area contributed by atoms with E-state index in [1.807, 2.05) is 0 Å². The van der Waals surface area contributed by atoms with E-state index in [0.717, 1.165) is 0 Å². The highest BCUT2D eigenvalue weighted by molar-refractivity contribution is 7.72. The Kier molecular flexibility index (Phi) is 6.03. The highest BCUT2D eigenvalue weighted by atomic mass is 31.2. The van der Waals surface area contributed by atoms with E-state index in [0.29, 0.717) is 0 Å². The van der Waals surface area contributed by atoms with Crippen LogP contribution in [0.2, 0.25) is 0 Å². The Labute approximate surface area is 91.2 Å². The van der Waals surface area contributed by atoms with E-state index in [-0.39, 0.29) is 12.2 Å². The summed E-state index contributed by atoms with van der Waals surface area (Å²) in [7, 11) is -3.66. The number of rotatable bonds is 6. The van der Waals surface area contributed by atoms with E-state index in [9.17, 15) is 9.36 Å². The number of hydrogen-bond acceptors (Lipinski definition) is 4. The first-order valence-electron chi connectivity index (χ1n) is 4.96. The molecule has 15 heavy (non-hydrogen) atoms. The third-order valence-electron chi connectivity index (χ3n) is 1.28. The standard InChI is InChI=1S/C10H19O4P/c1-6-7-10(11)15(12,13-8(2)3)14-9(4)5/h6-9H,1-5H3/b7-6+. The molecule has 0 aromatic rings. The van der Waals surface area contributed by atoms with E-state index in [1.54, 1.807) is 34.6 Å². The molecule has 0 aliphatic carbocycles. The molecule has 0 spiro atoms. The summed E-state index contributed by atoms with van der Waals surface area (Å²) in [5, 5.41) is 0. The average molecular weight is 234 g/mol. The van der Waals surface area contributed by atoms with Gasteiger partial charge in [-0.05, 0) is 40.7 Å². The summed E-state index contributed by atoms with van der Waals surface area (Å²) >= 11 is 0. The Morgan fingerprint density at radius 3 is 1.80 bits per heavy atom. The zero-order chi connectivity index (χ0) is 12.1. The van der Waals surface area contributed by atoms with Gasteiger partial charge in [0.2, 0.25) is 0 Å². The van der Waals surface area contributed by atoms with Gasteiger partial charge < -0.3 is 9.05 Å². The number of carbonyl (C=O) groups excluding carboxylic acids is 1. The molecule has 0 N–H and O–H groups in total. The van der Waals surface area contributed by atoms with Crippen molar-refractivity contribution in [2.45, 2.75) is 46.8 Å². The van der Waals surface area contributed by atoms with Gasteiger partial charge in [0.25, 0.3) is 5.52 Å². The normalized spacial score (nSPS) is 13.0. The van der Waals surface area contributed by atoms with Crippen LogP contribution in [0.4, 0.5) is 0 Å². The molecule has 0 bridgehead atoms. The maximum atomic E-state index is 12.1. The van der Waals surface area contributed by atoms with Crippen LogP contribution in [0.5, 0.6) is 0 Å². The third-order valence-corrected chi connectivity index (χ3v) is 3.37. The average Bonchev–Trinajstić information content (AvgIpc) is 2.01. The van der Waals surface area contributed by atoms with Gasteiger partial charge in [-0.3, -0.25) is 9.36 Å². The molecule has 0 fully saturated rings. The predicted octanol–water partition coefficient (Wildman–Crippen LogP) is 3.13. The van der Waals surface area contributed by atoms with E-state index < -0.39 is 13.1 Å². The summed E-state index contributed by atoms with van der Waals surface area (Å²) in [4.78, 5) is 11.5. The topological polar surface area (TPSA) is 52.6 Å². The quantitative estimate of drug-likeness (QED) is 0.523. The molecule has 88 valence electrons. The van der Waals surface area contributed by atoms with Crippen molar-refractivity contribution >= 4 is 13.1 Å². The zero-order valence-electron chi connectivity index (χ0n) is 9.89. The Balaban J connectivity index is 4.85. The second kappa shape index (κ2) is 6.21. The van der Waals surface area contributed by atoms with Gasteiger partial charge in [-0.1, -0.05) is 6.08 Å². The van der Waals surface area contributed by atoms with Gasteiger partial charge in [0.1, 0.15) is 0 Å². The number of allylic oxidation sites excluding steroid dienone is 2. The molecule has 0 amide bonds. The molecule has 0 rings (SSSR count). The van der Waals surface area contributed by atoms with E-state index >= 15 is 0 Å². The minimum absolute atomic E-state index is 0.316. The summed E-state index contributed by atoms with van der Waals surface area (Å²) in [6.07, 6.45) is 2.10. The molecule has 0 radical (unpaired) electrons. The van der Waals surface area contributed by atoms with E-state index in [2.05, 4.69) is 0 Å². The summed E-state index contributed by atoms with van der Waals surface area (Å²) < 4.78 is 22.3. The van der Waals surface area contributed by atoms with Crippen molar-refractivity contribution in [2.24, 2.45) is 0 Å². The van der Waals surface area contributed by atoms with Gasteiger partial charge in [-0.25, -0.2) is 0 Å². The summed E-state index contributed by atoms with van der Waals surface area (Å²) in [5.74, 6) is 0. The summed E-state index contributed by atoms with van der Waals surface area (Å²) in [5.41, 5.74) is -0.604. The van der Waals surface area contributed by atoms with Crippen molar-refractivity contribution in [1.82, 2.24) is 0 Å². The van der Waals surface area contributed by atoms with Crippen molar-refractivity contribution in [3.63, 3.8) is 0 Å². The number of hydrogen-bond donors (Lipinski definition) is 0. The van der Waals surface area contributed by atoms with Gasteiger partial charge in [0.15, 0.2) is 0 Å². The minimum Gasteiger partial charge on any atom is -0.300 e. The summed E-state index contributed by atoms with van der Waals surface area (Å²) in [6, 6.07) is 0. The van der Waals surface area contributed by atoms with Crippen LogP contribution in [0.25, 0.3) is 0 Å². The van der Waals surface area contributed by atoms with E-state index in [4.69, 9.17) is 9.05 Å². The molecule has 5 heteroatoms. The molecular formula is C10H19O4P. The Morgan fingerprint density at radius 2 is 1.53 bits per heavy atom. The van der Waals surface area contributed by atoms with Crippen LogP contribution < -0.4 is 0 Å². The molecule has 0 aliphatic heterocycles. The van der Waals surface area contributed by atoms with Crippen LogP contribution >= 0.6 is 7.60 Å². The van der Waals surface area contributed by atoms with Gasteiger partial charge in [0.05, 0.1) is 12.2 Å². The highest BCUT2D eigenvalue weighted by Gasteiger charge is 2.34. The molecule has 0 aromatic heterocycles. The largest absolute Gasteiger partial charge is 0.401 e. The molecule has 0 saturated carbocycles. The van der Waals surface area contributed by atoms with Crippen LogP contribution in [-0.4, -0.2) is 17.7 Å². The zero-order valence-corrected chi connectivity index (χ0v) is 10.8. The molecule has 0 heterocycles. The van der Waals surface area contributed by atoms with Crippen molar-refractivity contribution in [2.75, 3.05) is 0 Å². The van der Waals surface area contributed by atoms with Gasteiger partial charge in [-0.2, -0.15) is 0 Å². The fraction of sp³-hybridized carbons (Fsp3) is 0.700. The first-order chi connectivity index (χ1) is 6.81. The fourth-order valence-electron chi connectivity index (χ4n) is 0.918. The second-order valence-electron chi connectivity index (χ2n) is 3.64. The lowest BCUT2D eigenvalue weighted by molar-refractivity contribution is -0.110. The lowest BCUT2D eigenvalue weighted by atomic mass is 10.5. The lowest BCUT2D eigenvalue weighted by Gasteiger charge is -2.20. The molecular weight excluding hydrogens is 215 g/mol. The van der Waals surface area contributed by atoms with Crippen LogP contribution in [0.1, 0.15) is 34.6 Å². The van der Waals surface area contributed by atoms with Gasteiger partial charge in [0, 0.05) is 0 Å². The minimum atomic E-state index is -3.66. The molecule has 0 unspecified atom stereocenters. The SMILES string of the molecule is C/C=C/C(=O)P(=O)(OC(C)C)OC(C)C. The van der Waals surface area contributed by atoms with Crippen LogP contribution in [0.3, 0.4) is 0 Å². The second-order valence-corrected chi connectivity index (χ2v) is 5.50. The Bertz CT molecular complexity index is 267. The van der Waals surface area contributed by atoms with Gasteiger partial charge in [-0.15, -0.1) is 0 Å². The molecule has 0 atom stereocenters. The fourth-order valence-corrected chi connectivity index (χ4v) is 2.62. The predicted molar refractivity (Wildman–Crippen MR) is 59.9 cm³/mol. The molecule has 0 aliphatic rings. The lowest BCUT2D eigenvalue weighted by Crippen LogP contribution is -2.12.